The molecule has 1 saturated heterocycles. The van der Waals surface area contributed by atoms with Crippen LogP contribution in [0.15, 0.2) is 65.2 Å². The molecule has 31 heavy (non-hydrogen) atoms. The Kier molecular flexibility index (Phi) is 5.65. The van der Waals surface area contributed by atoms with Gasteiger partial charge in [0.2, 0.25) is 10.0 Å². The van der Waals surface area contributed by atoms with Crippen LogP contribution in [-0.2, 0) is 26.2 Å². The number of amides is 2. The Balaban J connectivity index is 1.66. The minimum atomic E-state index is -3.81. The Labute approximate surface area is 181 Å². The fourth-order valence-electron chi connectivity index (χ4n) is 3.86. The van der Waals surface area contributed by atoms with Gasteiger partial charge in [0.05, 0.1) is 17.0 Å². The minimum absolute atomic E-state index is 0.0171. The number of hydrogen-bond acceptors (Lipinski definition) is 6. The summed E-state index contributed by atoms with van der Waals surface area (Å²) in [6.07, 6.45) is 0. The highest BCUT2D eigenvalue weighted by atomic mass is 32.2. The molecule has 0 aliphatic carbocycles. The highest BCUT2D eigenvalue weighted by molar-refractivity contribution is 7.89. The van der Waals surface area contributed by atoms with Gasteiger partial charge >= 0.3 is 0 Å². The SMILES string of the molecule is CN1CCN(C2=C(c3ccccc3)C(=O)N(Cc3ccc(S(N)(=O)=O)cc3)C2=O)CC1. The van der Waals surface area contributed by atoms with Crippen LogP contribution in [-0.4, -0.2) is 68.2 Å². The predicted octanol–water partition coefficient (Wildman–Crippen LogP) is 0.862. The van der Waals surface area contributed by atoms with Gasteiger partial charge < -0.3 is 9.80 Å². The number of carbonyl (C=O) groups is 2. The summed E-state index contributed by atoms with van der Waals surface area (Å²) in [5.74, 6) is -0.676. The molecule has 9 heteroatoms. The Bertz CT molecular complexity index is 1140. The van der Waals surface area contributed by atoms with Crippen LogP contribution < -0.4 is 5.14 Å². The molecule has 2 aromatic rings. The van der Waals surface area contributed by atoms with Crippen LogP contribution in [0.1, 0.15) is 11.1 Å². The third kappa shape index (κ3) is 4.25. The van der Waals surface area contributed by atoms with Crippen molar-refractivity contribution in [3.63, 3.8) is 0 Å². The molecule has 0 spiro atoms. The minimum Gasteiger partial charge on any atom is -0.364 e. The van der Waals surface area contributed by atoms with Gasteiger partial charge in [-0.2, -0.15) is 0 Å². The largest absolute Gasteiger partial charge is 0.364 e. The van der Waals surface area contributed by atoms with Crippen molar-refractivity contribution >= 4 is 27.4 Å². The molecule has 162 valence electrons. The number of nitrogens with zero attached hydrogens (tertiary/aromatic N) is 3. The average molecular weight is 441 g/mol. The lowest BCUT2D eigenvalue weighted by Crippen LogP contribution is -2.46. The van der Waals surface area contributed by atoms with Gasteiger partial charge in [-0.1, -0.05) is 42.5 Å². The van der Waals surface area contributed by atoms with Crippen LogP contribution in [0, 0.1) is 0 Å². The zero-order valence-corrected chi connectivity index (χ0v) is 18.0. The average Bonchev–Trinajstić information content (AvgIpc) is 2.99. The second kappa shape index (κ2) is 8.26. The Morgan fingerprint density at radius 1 is 0.871 bits per heavy atom. The summed E-state index contributed by atoms with van der Waals surface area (Å²) in [6.45, 7) is 3.00. The number of likely N-dealkylation sites (N-methyl/N-ethyl adjacent to an activating group) is 1. The molecule has 0 atom stereocenters. The monoisotopic (exact) mass is 440 g/mol. The highest BCUT2D eigenvalue weighted by Gasteiger charge is 2.41. The third-order valence-corrected chi connectivity index (χ3v) is 6.55. The first-order chi connectivity index (χ1) is 14.8. The van der Waals surface area contributed by atoms with Gasteiger partial charge in [-0.25, -0.2) is 13.6 Å². The summed E-state index contributed by atoms with van der Waals surface area (Å²) < 4.78 is 23.0. The molecule has 1 fully saturated rings. The number of imide groups is 1. The molecule has 2 N–H and O–H groups in total. The molecule has 2 amide bonds. The van der Waals surface area contributed by atoms with Crippen molar-refractivity contribution in [2.75, 3.05) is 33.2 Å². The molecule has 2 aliphatic rings. The third-order valence-electron chi connectivity index (χ3n) is 5.62. The molecule has 0 aromatic heterocycles. The van der Waals surface area contributed by atoms with E-state index in [9.17, 15) is 18.0 Å². The normalized spacial score (nSPS) is 18.3. The number of nitrogens with two attached hydrogens (primary N) is 1. The van der Waals surface area contributed by atoms with Crippen LogP contribution in [0.25, 0.3) is 5.57 Å². The second-order valence-corrected chi connectivity index (χ2v) is 9.33. The number of benzene rings is 2. The fourth-order valence-corrected chi connectivity index (χ4v) is 4.38. The zero-order valence-electron chi connectivity index (χ0n) is 17.2. The van der Waals surface area contributed by atoms with E-state index in [1.165, 1.54) is 17.0 Å². The Morgan fingerprint density at radius 3 is 2.06 bits per heavy atom. The maximum absolute atomic E-state index is 13.4. The van der Waals surface area contributed by atoms with Gasteiger partial charge in [0.15, 0.2) is 0 Å². The van der Waals surface area contributed by atoms with Crippen LogP contribution in [0.3, 0.4) is 0 Å². The molecule has 2 aromatic carbocycles. The van der Waals surface area contributed by atoms with Crippen LogP contribution >= 0.6 is 0 Å². The smallest absolute Gasteiger partial charge is 0.278 e. The van der Waals surface area contributed by atoms with Crippen molar-refractivity contribution in [3.05, 3.63) is 71.4 Å². The molecule has 0 unspecified atom stereocenters. The molecule has 0 bridgehead atoms. The van der Waals surface area contributed by atoms with Gasteiger partial charge in [0.25, 0.3) is 11.8 Å². The topological polar surface area (TPSA) is 104 Å². The fraction of sp³-hybridized carbons (Fsp3) is 0.273. The van der Waals surface area contributed by atoms with Crippen molar-refractivity contribution in [1.82, 2.24) is 14.7 Å². The number of carbonyl (C=O) groups excluding carboxylic acids is 2. The lowest BCUT2D eigenvalue weighted by molar-refractivity contribution is -0.138. The number of hydrogen-bond donors (Lipinski definition) is 1. The van der Waals surface area contributed by atoms with E-state index < -0.39 is 10.0 Å². The van der Waals surface area contributed by atoms with E-state index >= 15 is 0 Å². The van der Waals surface area contributed by atoms with Gasteiger partial charge in [0, 0.05) is 26.2 Å². The van der Waals surface area contributed by atoms with Crippen molar-refractivity contribution in [2.45, 2.75) is 11.4 Å². The zero-order chi connectivity index (χ0) is 22.2. The molecular formula is C22H24N4O4S. The standard InChI is InChI=1S/C22H24N4O4S/c1-24-11-13-25(14-12-24)20-19(17-5-3-2-4-6-17)21(27)26(22(20)28)15-16-7-9-18(10-8-16)31(23,29)30/h2-10H,11-15H2,1H3,(H2,23,29,30). The van der Waals surface area contributed by atoms with Crippen molar-refractivity contribution in [1.29, 1.82) is 0 Å². The van der Waals surface area contributed by atoms with Crippen LogP contribution in [0.4, 0.5) is 0 Å². The molecule has 0 radical (unpaired) electrons. The van der Waals surface area contributed by atoms with Crippen molar-refractivity contribution in [2.24, 2.45) is 5.14 Å². The maximum Gasteiger partial charge on any atom is 0.278 e. The number of sulfonamides is 1. The highest BCUT2D eigenvalue weighted by Crippen LogP contribution is 2.33. The van der Waals surface area contributed by atoms with E-state index in [0.717, 1.165) is 13.1 Å². The molecule has 4 rings (SSSR count). The van der Waals surface area contributed by atoms with Crippen molar-refractivity contribution in [3.8, 4) is 0 Å². The summed E-state index contributed by atoms with van der Waals surface area (Å²) >= 11 is 0. The van der Waals surface area contributed by atoms with E-state index in [1.807, 2.05) is 42.3 Å². The van der Waals surface area contributed by atoms with Gasteiger partial charge in [-0.05, 0) is 30.3 Å². The number of primary sulfonamides is 1. The van der Waals surface area contributed by atoms with E-state index in [1.54, 1.807) is 12.1 Å². The molecular weight excluding hydrogens is 416 g/mol. The lowest BCUT2D eigenvalue weighted by Gasteiger charge is -2.34. The summed E-state index contributed by atoms with van der Waals surface area (Å²) in [6, 6.07) is 15.1. The second-order valence-electron chi connectivity index (χ2n) is 7.77. The quantitative estimate of drug-likeness (QED) is 0.692. The summed E-state index contributed by atoms with van der Waals surface area (Å²) in [4.78, 5) is 32.1. The Morgan fingerprint density at radius 2 is 1.48 bits per heavy atom. The number of piperazine rings is 1. The van der Waals surface area contributed by atoms with Gasteiger partial charge in [0.1, 0.15) is 5.70 Å². The van der Waals surface area contributed by atoms with E-state index in [0.29, 0.717) is 35.5 Å². The first-order valence-corrected chi connectivity index (χ1v) is 11.5. The van der Waals surface area contributed by atoms with E-state index in [-0.39, 0.29) is 23.3 Å². The molecule has 2 heterocycles. The van der Waals surface area contributed by atoms with E-state index in [4.69, 9.17) is 5.14 Å². The Hall–Kier alpha value is -3.01. The van der Waals surface area contributed by atoms with Crippen LogP contribution in [0.2, 0.25) is 0 Å². The van der Waals surface area contributed by atoms with Gasteiger partial charge in [-0.15, -0.1) is 0 Å². The van der Waals surface area contributed by atoms with Crippen molar-refractivity contribution < 1.29 is 18.0 Å². The summed E-state index contributed by atoms with van der Waals surface area (Å²) in [5.41, 5.74) is 2.20. The van der Waals surface area contributed by atoms with Gasteiger partial charge in [-0.3, -0.25) is 14.5 Å². The predicted molar refractivity (Wildman–Crippen MR) is 116 cm³/mol. The molecule has 2 aliphatic heterocycles. The first-order valence-electron chi connectivity index (χ1n) is 9.97. The van der Waals surface area contributed by atoms with Crippen LogP contribution in [0.5, 0.6) is 0 Å². The summed E-state index contributed by atoms with van der Waals surface area (Å²) in [5, 5.41) is 5.15. The first kappa shape index (κ1) is 21.2. The summed E-state index contributed by atoms with van der Waals surface area (Å²) in [7, 11) is -1.78. The maximum atomic E-state index is 13.4. The van der Waals surface area contributed by atoms with E-state index in [2.05, 4.69) is 4.90 Å². The molecule has 0 saturated carbocycles. The lowest BCUT2D eigenvalue weighted by atomic mass is 10.0. The molecule has 8 nitrogen and oxygen atoms in total. The number of rotatable bonds is 5.